The monoisotopic (exact) mass is 288 g/mol. The number of carbonyl (C=O) groups is 2. The van der Waals surface area contributed by atoms with Crippen LogP contribution in [0.1, 0.15) is 21.5 Å². The SMILES string of the molecule is Cc1ccccc1CC(=O)Nc1ccc(C(=O)Cl)cn1. The molecule has 0 fully saturated rings. The van der Waals surface area contributed by atoms with E-state index in [4.69, 9.17) is 11.6 Å². The number of pyridine rings is 1. The molecule has 0 unspecified atom stereocenters. The molecule has 0 saturated carbocycles. The number of nitrogens with zero attached hydrogens (tertiary/aromatic N) is 1. The molecule has 5 heteroatoms. The molecule has 20 heavy (non-hydrogen) atoms. The lowest BCUT2D eigenvalue weighted by Gasteiger charge is -2.06. The molecule has 0 aliphatic carbocycles. The number of carbonyl (C=O) groups excluding carboxylic acids is 2. The molecule has 0 saturated heterocycles. The summed E-state index contributed by atoms with van der Waals surface area (Å²) in [7, 11) is 0. The Morgan fingerprint density at radius 2 is 1.95 bits per heavy atom. The number of rotatable bonds is 4. The maximum atomic E-state index is 11.9. The van der Waals surface area contributed by atoms with Crippen molar-refractivity contribution in [3.8, 4) is 0 Å². The molecule has 102 valence electrons. The van der Waals surface area contributed by atoms with Crippen LogP contribution in [-0.4, -0.2) is 16.1 Å². The van der Waals surface area contributed by atoms with Gasteiger partial charge in [0.25, 0.3) is 5.24 Å². The molecule has 4 nitrogen and oxygen atoms in total. The van der Waals surface area contributed by atoms with E-state index >= 15 is 0 Å². The van der Waals surface area contributed by atoms with Crippen molar-refractivity contribution in [1.29, 1.82) is 0 Å². The van der Waals surface area contributed by atoms with Gasteiger partial charge in [-0.3, -0.25) is 9.59 Å². The van der Waals surface area contributed by atoms with Gasteiger partial charge < -0.3 is 5.32 Å². The van der Waals surface area contributed by atoms with Gasteiger partial charge in [-0.25, -0.2) is 4.98 Å². The van der Waals surface area contributed by atoms with Crippen LogP contribution in [0, 0.1) is 6.92 Å². The summed E-state index contributed by atoms with van der Waals surface area (Å²) in [6, 6.07) is 10.8. The van der Waals surface area contributed by atoms with Gasteiger partial charge in [0, 0.05) is 6.20 Å². The van der Waals surface area contributed by atoms with E-state index in [1.165, 1.54) is 12.3 Å². The number of nitrogens with one attached hydrogen (secondary N) is 1. The first-order chi connectivity index (χ1) is 9.56. The Morgan fingerprint density at radius 3 is 2.55 bits per heavy atom. The summed E-state index contributed by atoms with van der Waals surface area (Å²) in [6.07, 6.45) is 1.61. The largest absolute Gasteiger partial charge is 0.310 e. The van der Waals surface area contributed by atoms with Crippen molar-refractivity contribution >= 4 is 28.6 Å². The van der Waals surface area contributed by atoms with E-state index in [-0.39, 0.29) is 12.3 Å². The van der Waals surface area contributed by atoms with Crippen molar-refractivity contribution in [1.82, 2.24) is 4.98 Å². The van der Waals surface area contributed by atoms with E-state index in [1.54, 1.807) is 6.07 Å². The normalized spacial score (nSPS) is 10.1. The topological polar surface area (TPSA) is 59.1 Å². The summed E-state index contributed by atoms with van der Waals surface area (Å²) in [5, 5.41) is 2.11. The minimum Gasteiger partial charge on any atom is -0.310 e. The van der Waals surface area contributed by atoms with E-state index in [0.717, 1.165) is 11.1 Å². The molecule has 0 aliphatic heterocycles. The van der Waals surface area contributed by atoms with Gasteiger partial charge in [0.2, 0.25) is 5.91 Å². The highest BCUT2D eigenvalue weighted by molar-refractivity contribution is 6.67. The number of anilines is 1. The van der Waals surface area contributed by atoms with E-state index in [1.807, 2.05) is 31.2 Å². The first-order valence-corrected chi connectivity index (χ1v) is 6.44. The highest BCUT2D eigenvalue weighted by atomic mass is 35.5. The summed E-state index contributed by atoms with van der Waals surface area (Å²) >= 11 is 5.32. The molecule has 0 atom stereocenters. The minimum absolute atomic E-state index is 0.156. The van der Waals surface area contributed by atoms with E-state index < -0.39 is 5.24 Å². The molecule has 0 spiro atoms. The van der Waals surface area contributed by atoms with Crippen molar-refractivity contribution in [2.45, 2.75) is 13.3 Å². The van der Waals surface area contributed by atoms with Crippen molar-refractivity contribution < 1.29 is 9.59 Å². The second-order valence-corrected chi connectivity index (χ2v) is 4.70. The second kappa shape index (κ2) is 6.30. The number of hydrogen-bond acceptors (Lipinski definition) is 3. The maximum absolute atomic E-state index is 11.9. The summed E-state index contributed by atoms with van der Waals surface area (Å²) in [4.78, 5) is 26.8. The lowest BCUT2D eigenvalue weighted by Crippen LogP contribution is -2.16. The predicted molar refractivity (Wildman–Crippen MR) is 77.9 cm³/mol. The summed E-state index contributed by atoms with van der Waals surface area (Å²) in [6.45, 7) is 1.96. The maximum Gasteiger partial charge on any atom is 0.253 e. The van der Waals surface area contributed by atoms with Gasteiger partial charge in [0.05, 0.1) is 12.0 Å². The number of halogens is 1. The smallest absolute Gasteiger partial charge is 0.253 e. The Hall–Kier alpha value is -2.20. The number of amides is 1. The Labute approximate surface area is 121 Å². The summed E-state index contributed by atoms with van der Waals surface area (Å²) in [5.41, 5.74) is 2.33. The van der Waals surface area contributed by atoms with Gasteiger partial charge in [-0.15, -0.1) is 0 Å². The summed E-state index contributed by atoms with van der Waals surface area (Å²) in [5.74, 6) is 0.238. The Kier molecular flexibility index (Phi) is 4.48. The van der Waals surface area contributed by atoms with Crippen LogP contribution >= 0.6 is 11.6 Å². The third kappa shape index (κ3) is 3.65. The molecule has 1 N–H and O–H groups in total. The van der Waals surface area contributed by atoms with Gasteiger partial charge in [0.1, 0.15) is 5.82 Å². The Bertz CT molecular complexity index is 639. The quantitative estimate of drug-likeness (QED) is 0.880. The fourth-order valence-electron chi connectivity index (χ4n) is 1.75. The van der Waals surface area contributed by atoms with Crippen LogP contribution < -0.4 is 5.32 Å². The molecular formula is C15H13ClN2O2. The number of aryl methyl sites for hydroxylation is 1. The van der Waals surface area contributed by atoms with Crippen LogP contribution in [0.5, 0.6) is 0 Å². The fraction of sp³-hybridized carbons (Fsp3) is 0.133. The van der Waals surface area contributed by atoms with Crippen LogP contribution in [0.4, 0.5) is 5.82 Å². The van der Waals surface area contributed by atoms with Crippen molar-refractivity contribution in [2.75, 3.05) is 5.32 Å². The van der Waals surface area contributed by atoms with E-state index in [0.29, 0.717) is 11.4 Å². The second-order valence-electron chi connectivity index (χ2n) is 4.36. The third-order valence-corrected chi connectivity index (χ3v) is 3.09. The lowest BCUT2D eigenvalue weighted by molar-refractivity contribution is -0.115. The average Bonchev–Trinajstić information content (AvgIpc) is 2.42. The highest BCUT2D eigenvalue weighted by Gasteiger charge is 2.07. The van der Waals surface area contributed by atoms with Gasteiger partial charge in [-0.2, -0.15) is 0 Å². The number of benzene rings is 1. The molecule has 2 rings (SSSR count). The van der Waals surface area contributed by atoms with Crippen molar-refractivity contribution in [3.05, 3.63) is 59.3 Å². The number of hydrogen-bond donors (Lipinski definition) is 1. The highest BCUT2D eigenvalue weighted by Crippen LogP contribution is 2.10. The molecule has 0 bridgehead atoms. The minimum atomic E-state index is -0.574. The standard InChI is InChI=1S/C15H13ClN2O2/c1-10-4-2-3-5-11(10)8-14(19)18-13-7-6-12(9-17-13)15(16)20/h2-7,9H,8H2,1H3,(H,17,18,19). The van der Waals surface area contributed by atoms with E-state index in [2.05, 4.69) is 10.3 Å². The zero-order valence-electron chi connectivity index (χ0n) is 10.9. The molecule has 0 aliphatic rings. The Balaban J connectivity index is 2.01. The molecule has 2 aromatic rings. The van der Waals surface area contributed by atoms with Gasteiger partial charge >= 0.3 is 0 Å². The average molecular weight is 289 g/mol. The molecular weight excluding hydrogens is 276 g/mol. The number of aromatic nitrogens is 1. The lowest BCUT2D eigenvalue weighted by atomic mass is 10.1. The predicted octanol–water partition coefficient (Wildman–Crippen LogP) is 2.95. The summed E-state index contributed by atoms with van der Waals surface area (Å²) < 4.78 is 0. The molecule has 1 aromatic heterocycles. The first-order valence-electron chi connectivity index (χ1n) is 6.06. The van der Waals surface area contributed by atoms with Gasteiger partial charge in [-0.05, 0) is 41.8 Å². The Morgan fingerprint density at radius 1 is 1.20 bits per heavy atom. The van der Waals surface area contributed by atoms with Crippen LogP contribution in [0.2, 0.25) is 0 Å². The van der Waals surface area contributed by atoms with Crippen molar-refractivity contribution in [2.24, 2.45) is 0 Å². The molecule has 1 amide bonds. The van der Waals surface area contributed by atoms with Gasteiger partial charge in [0.15, 0.2) is 0 Å². The molecule has 1 aromatic carbocycles. The van der Waals surface area contributed by atoms with Gasteiger partial charge in [-0.1, -0.05) is 24.3 Å². The third-order valence-electron chi connectivity index (χ3n) is 2.87. The van der Waals surface area contributed by atoms with Crippen LogP contribution in [-0.2, 0) is 11.2 Å². The molecule has 1 heterocycles. The van der Waals surface area contributed by atoms with Crippen molar-refractivity contribution in [3.63, 3.8) is 0 Å². The first kappa shape index (κ1) is 14.2. The van der Waals surface area contributed by atoms with Crippen LogP contribution in [0.3, 0.4) is 0 Å². The molecule has 0 radical (unpaired) electrons. The van der Waals surface area contributed by atoms with E-state index in [9.17, 15) is 9.59 Å². The zero-order chi connectivity index (χ0) is 14.5. The fourth-order valence-corrected chi connectivity index (χ4v) is 1.86. The van der Waals surface area contributed by atoms with Crippen LogP contribution in [0.15, 0.2) is 42.6 Å². The van der Waals surface area contributed by atoms with Crippen LogP contribution in [0.25, 0.3) is 0 Å². The zero-order valence-corrected chi connectivity index (χ0v) is 11.6.